The van der Waals surface area contributed by atoms with E-state index >= 15 is 0 Å². The van der Waals surface area contributed by atoms with Gasteiger partial charge >= 0.3 is 0 Å². The van der Waals surface area contributed by atoms with Crippen LogP contribution in [0.2, 0.25) is 0 Å². The van der Waals surface area contributed by atoms with Gasteiger partial charge in [0.05, 0.1) is 0 Å². The molecular formula is C17H19N3. The number of anilines is 2. The first kappa shape index (κ1) is 12.7. The number of pyridine rings is 1. The van der Waals surface area contributed by atoms with Crippen LogP contribution in [-0.2, 0) is 0 Å². The first-order valence-electron chi connectivity index (χ1n) is 7.05. The minimum absolute atomic E-state index is 0.820. The fourth-order valence-corrected chi connectivity index (χ4v) is 2.51. The Morgan fingerprint density at radius 3 is 2.45 bits per heavy atom. The van der Waals surface area contributed by atoms with Crippen LogP contribution in [0.15, 0.2) is 55.2 Å². The molecule has 1 aromatic heterocycles. The van der Waals surface area contributed by atoms with E-state index in [-0.39, 0.29) is 0 Å². The van der Waals surface area contributed by atoms with E-state index in [4.69, 9.17) is 0 Å². The monoisotopic (exact) mass is 265 g/mol. The summed E-state index contributed by atoms with van der Waals surface area (Å²) in [7, 11) is 0. The Labute approximate surface area is 120 Å². The summed E-state index contributed by atoms with van der Waals surface area (Å²) in [4.78, 5) is 6.67. The van der Waals surface area contributed by atoms with Crippen molar-refractivity contribution >= 4 is 17.2 Å². The van der Waals surface area contributed by atoms with Crippen molar-refractivity contribution in [2.75, 3.05) is 23.3 Å². The van der Waals surface area contributed by atoms with E-state index in [2.05, 4.69) is 46.0 Å². The fourth-order valence-electron chi connectivity index (χ4n) is 2.51. The second-order valence-corrected chi connectivity index (χ2v) is 5.06. The average Bonchev–Trinajstić information content (AvgIpc) is 3.03. The van der Waals surface area contributed by atoms with Crippen molar-refractivity contribution in [1.82, 2.24) is 4.98 Å². The minimum Gasteiger partial charge on any atom is -0.372 e. The van der Waals surface area contributed by atoms with E-state index in [1.165, 1.54) is 31.6 Å². The number of benzene rings is 1. The largest absolute Gasteiger partial charge is 0.372 e. The normalized spacial score (nSPS) is 14.3. The molecule has 0 aliphatic carbocycles. The van der Waals surface area contributed by atoms with E-state index in [1.54, 1.807) is 6.20 Å². The molecule has 3 rings (SSSR count). The highest BCUT2D eigenvalue weighted by molar-refractivity contribution is 5.74. The zero-order valence-corrected chi connectivity index (χ0v) is 11.5. The summed E-state index contributed by atoms with van der Waals surface area (Å²) in [6.45, 7) is 6.43. The highest BCUT2D eigenvalue weighted by atomic mass is 15.1. The number of hydrogen-bond acceptors (Lipinski definition) is 3. The van der Waals surface area contributed by atoms with E-state index < -0.39 is 0 Å². The Kier molecular flexibility index (Phi) is 3.68. The maximum Gasteiger partial charge on any atom is 0.130 e. The predicted octanol–water partition coefficient (Wildman–Crippen LogP) is 3.76. The molecule has 2 aromatic rings. The second kappa shape index (κ2) is 5.78. The summed E-state index contributed by atoms with van der Waals surface area (Å²) >= 11 is 0. The van der Waals surface area contributed by atoms with Crippen molar-refractivity contribution in [3.63, 3.8) is 0 Å². The third kappa shape index (κ3) is 2.82. The first-order chi connectivity index (χ1) is 9.83. The lowest BCUT2D eigenvalue weighted by atomic mass is 10.1. The molecule has 0 unspecified atom stereocenters. The summed E-state index contributed by atoms with van der Waals surface area (Å²) in [5.74, 6) is 0.820. The SMILES string of the molecule is C=C(Nc1ccccn1)c1ccc(N2CCCC2)cc1. The second-order valence-electron chi connectivity index (χ2n) is 5.06. The molecule has 2 heterocycles. The molecule has 1 aliphatic rings. The molecule has 20 heavy (non-hydrogen) atoms. The highest BCUT2D eigenvalue weighted by Gasteiger charge is 2.12. The molecule has 0 atom stereocenters. The van der Waals surface area contributed by atoms with Crippen molar-refractivity contribution in [3.05, 3.63) is 60.8 Å². The lowest BCUT2D eigenvalue weighted by Gasteiger charge is -2.18. The molecule has 1 saturated heterocycles. The molecule has 1 fully saturated rings. The molecule has 3 nitrogen and oxygen atoms in total. The topological polar surface area (TPSA) is 28.2 Å². The van der Waals surface area contributed by atoms with Crippen LogP contribution in [-0.4, -0.2) is 18.1 Å². The summed E-state index contributed by atoms with van der Waals surface area (Å²) in [6.07, 6.45) is 4.37. The molecule has 0 amide bonds. The van der Waals surface area contributed by atoms with Gasteiger partial charge in [0.1, 0.15) is 5.82 Å². The molecule has 1 aromatic carbocycles. The van der Waals surface area contributed by atoms with Crippen molar-refractivity contribution in [3.8, 4) is 0 Å². The van der Waals surface area contributed by atoms with Gasteiger partial charge in [-0.25, -0.2) is 4.98 Å². The van der Waals surface area contributed by atoms with Crippen LogP contribution in [0.3, 0.4) is 0 Å². The predicted molar refractivity (Wildman–Crippen MR) is 84.8 cm³/mol. The highest BCUT2D eigenvalue weighted by Crippen LogP contribution is 2.23. The van der Waals surface area contributed by atoms with E-state index in [0.717, 1.165) is 17.1 Å². The smallest absolute Gasteiger partial charge is 0.130 e. The third-order valence-electron chi connectivity index (χ3n) is 3.63. The summed E-state index contributed by atoms with van der Waals surface area (Å²) in [5, 5.41) is 3.23. The summed E-state index contributed by atoms with van der Waals surface area (Å²) < 4.78 is 0. The Hall–Kier alpha value is -2.29. The van der Waals surface area contributed by atoms with Gasteiger partial charge in [0.25, 0.3) is 0 Å². The van der Waals surface area contributed by atoms with Crippen molar-refractivity contribution in [1.29, 1.82) is 0 Å². The third-order valence-corrected chi connectivity index (χ3v) is 3.63. The summed E-state index contributed by atoms with van der Waals surface area (Å²) in [6, 6.07) is 14.4. The maximum atomic E-state index is 4.24. The average molecular weight is 265 g/mol. The Balaban J connectivity index is 1.69. The van der Waals surface area contributed by atoms with Crippen LogP contribution in [0.25, 0.3) is 5.70 Å². The van der Waals surface area contributed by atoms with Crippen molar-refractivity contribution < 1.29 is 0 Å². The number of aromatic nitrogens is 1. The fraction of sp³-hybridized carbons (Fsp3) is 0.235. The number of nitrogens with zero attached hydrogens (tertiary/aromatic N) is 2. The molecule has 0 radical (unpaired) electrons. The van der Waals surface area contributed by atoms with Crippen LogP contribution in [0.4, 0.5) is 11.5 Å². The van der Waals surface area contributed by atoms with Gasteiger partial charge < -0.3 is 10.2 Å². The summed E-state index contributed by atoms with van der Waals surface area (Å²) in [5.41, 5.74) is 3.27. The van der Waals surface area contributed by atoms with Crippen molar-refractivity contribution in [2.45, 2.75) is 12.8 Å². The van der Waals surface area contributed by atoms with Crippen molar-refractivity contribution in [2.24, 2.45) is 0 Å². The maximum absolute atomic E-state index is 4.24. The van der Waals surface area contributed by atoms with Gasteiger partial charge in [-0.15, -0.1) is 0 Å². The molecular weight excluding hydrogens is 246 g/mol. The van der Waals surface area contributed by atoms with E-state index in [1.807, 2.05) is 18.2 Å². The van der Waals surface area contributed by atoms with Gasteiger partial charge in [0.2, 0.25) is 0 Å². The molecule has 1 N–H and O–H groups in total. The van der Waals surface area contributed by atoms with Gasteiger partial charge in [-0.2, -0.15) is 0 Å². The van der Waals surface area contributed by atoms with Gasteiger partial charge in [-0.1, -0.05) is 24.8 Å². The lowest BCUT2D eigenvalue weighted by molar-refractivity contribution is 0.949. The Morgan fingerprint density at radius 1 is 1.05 bits per heavy atom. The van der Waals surface area contributed by atoms with Gasteiger partial charge in [-0.3, -0.25) is 0 Å². The molecule has 0 saturated carbocycles. The van der Waals surface area contributed by atoms with Crippen LogP contribution in [0, 0.1) is 0 Å². The lowest BCUT2D eigenvalue weighted by Crippen LogP contribution is -2.17. The van der Waals surface area contributed by atoms with Crippen LogP contribution >= 0.6 is 0 Å². The van der Waals surface area contributed by atoms with Crippen LogP contribution < -0.4 is 10.2 Å². The molecule has 3 heteroatoms. The molecule has 102 valence electrons. The first-order valence-corrected chi connectivity index (χ1v) is 7.05. The molecule has 0 spiro atoms. The Bertz CT molecular complexity index is 569. The number of rotatable bonds is 4. The van der Waals surface area contributed by atoms with Gasteiger partial charge in [0.15, 0.2) is 0 Å². The van der Waals surface area contributed by atoms with E-state index in [0.29, 0.717) is 0 Å². The molecule has 0 bridgehead atoms. The molecule has 1 aliphatic heterocycles. The van der Waals surface area contributed by atoms with Gasteiger partial charge in [0, 0.05) is 30.7 Å². The standard InChI is InChI=1S/C17H19N3/c1-14(19-17-6-2-3-11-18-17)15-7-9-16(10-8-15)20-12-4-5-13-20/h2-3,6-11H,1,4-5,12-13H2,(H,18,19). The zero-order valence-electron chi connectivity index (χ0n) is 11.5. The van der Waals surface area contributed by atoms with Crippen LogP contribution in [0.1, 0.15) is 18.4 Å². The van der Waals surface area contributed by atoms with Crippen LogP contribution in [0.5, 0.6) is 0 Å². The quantitative estimate of drug-likeness (QED) is 0.912. The van der Waals surface area contributed by atoms with E-state index in [9.17, 15) is 0 Å². The minimum atomic E-state index is 0.820. The Morgan fingerprint density at radius 2 is 1.80 bits per heavy atom. The zero-order chi connectivity index (χ0) is 13.8. The number of nitrogens with one attached hydrogen (secondary N) is 1. The van der Waals surface area contributed by atoms with Gasteiger partial charge in [-0.05, 0) is 42.7 Å². The number of hydrogen-bond donors (Lipinski definition) is 1.